The zero-order valence-corrected chi connectivity index (χ0v) is 32.6. The lowest BCUT2D eigenvalue weighted by atomic mass is 9.96. The van der Waals surface area contributed by atoms with E-state index in [1.165, 1.54) is 27.7 Å². The average Bonchev–Trinajstić information content (AvgIpc) is 3.14. The maximum atomic E-state index is 13.5. The van der Waals surface area contributed by atoms with Crippen LogP contribution in [0.1, 0.15) is 105 Å². The van der Waals surface area contributed by atoms with Crippen LogP contribution in [0.2, 0.25) is 0 Å². The fourth-order valence-electron chi connectivity index (χ4n) is 6.84. The molecule has 3 saturated heterocycles. The first kappa shape index (κ1) is 47.8. The molecule has 0 aromatic carbocycles. The van der Waals surface area contributed by atoms with Crippen molar-refractivity contribution in [3.05, 3.63) is 0 Å². The predicted octanol–water partition coefficient (Wildman–Crippen LogP) is -0.727. The van der Waals surface area contributed by atoms with Crippen LogP contribution in [0.5, 0.6) is 0 Å². The Balaban J connectivity index is 1.83. The molecule has 0 spiro atoms. The van der Waals surface area contributed by atoms with Crippen molar-refractivity contribution in [2.45, 2.75) is 210 Å². The number of carbonyl (C=O) groups is 2. The Labute approximate surface area is 322 Å². The van der Waals surface area contributed by atoms with Crippen molar-refractivity contribution in [2.24, 2.45) is 5.92 Å². The highest BCUT2D eigenvalue weighted by Gasteiger charge is 2.56. The fraction of sp³-hybridized carbons (Fsp3) is 0.946. The molecular formula is C37H66O18. The van der Waals surface area contributed by atoms with Crippen LogP contribution < -0.4 is 0 Å². The summed E-state index contributed by atoms with van der Waals surface area (Å²) in [5.74, 6) is -2.67. The van der Waals surface area contributed by atoms with Gasteiger partial charge in [0.15, 0.2) is 31.1 Å². The number of esters is 2. The highest BCUT2D eigenvalue weighted by molar-refractivity contribution is 5.73. The molecule has 3 rings (SSSR count). The summed E-state index contributed by atoms with van der Waals surface area (Å²) in [6.07, 6.45) is -17.0. The van der Waals surface area contributed by atoms with E-state index < -0.39 is 123 Å². The molecule has 3 fully saturated rings. The summed E-state index contributed by atoms with van der Waals surface area (Å²) in [4.78, 5) is 26.6. The zero-order valence-electron chi connectivity index (χ0n) is 32.6. The van der Waals surface area contributed by atoms with Gasteiger partial charge in [-0.2, -0.15) is 0 Å². The van der Waals surface area contributed by atoms with Gasteiger partial charge in [0.2, 0.25) is 0 Å². The number of carbonyl (C=O) groups excluding carboxylic acids is 2. The maximum Gasteiger partial charge on any atom is 0.311 e. The first-order valence-corrected chi connectivity index (χ1v) is 19.7. The van der Waals surface area contributed by atoms with Crippen LogP contribution >= 0.6 is 0 Å². The summed E-state index contributed by atoms with van der Waals surface area (Å²) >= 11 is 0. The van der Waals surface area contributed by atoms with Crippen LogP contribution in [0.3, 0.4) is 0 Å². The van der Waals surface area contributed by atoms with Crippen molar-refractivity contribution >= 4 is 11.9 Å². The van der Waals surface area contributed by atoms with Gasteiger partial charge in [0.05, 0.1) is 36.9 Å². The van der Waals surface area contributed by atoms with E-state index in [2.05, 4.69) is 0 Å². The van der Waals surface area contributed by atoms with Crippen molar-refractivity contribution in [2.75, 3.05) is 6.61 Å². The minimum atomic E-state index is -1.91. The van der Waals surface area contributed by atoms with E-state index in [1.54, 1.807) is 0 Å². The number of hydrogen-bond donors (Lipinski definition) is 9. The minimum absolute atomic E-state index is 0.0720. The van der Waals surface area contributed by atoms with E-state index in [9.17, 15) is 55.5 Å². The van der Waals surface area contributed by atoms with Gasteiger partial charge in [0.1, 0.15) is 48.8 Å². The molecule has 18 heteroatoms. The Morgan fingerprint density at radius 2 is 1.24 bits per heavy atom. The molecular weight excluding hydrogens is 732 g/mol. The van der Waals surface area contributed by atoms with Crippen LogP contribution in [0, 0.1) is 5.92 Å². The van der Waals surface area contributed by atoms with Gasteiger partial charge >= 0.3 is 11.9 Å². The Hall–Kier alpha value is -1.62. The van der Waals surface area contributed by atoms with Crippen molar-refractivity contribution in [1.82, 2.24) is 0 Å². The summed E-state index contributed by atoms with van der Waals surface area (Å²) in [6, 6.07) is 0. The van der Waals surface area contributed by atoms with E-state index in [-0.39, 0.29) is 12.5 Å². The molecule has 322 valence electrons. The van der Waals surface area contributed by atoms with Crippen molar-refractivity contribution in [1.29, 1.82) is 0 Å². The Morgan fingerprint density at radius 3 is 1.85 bits per heavy atom. The third kappa shape index (κ3) is 13.5. The molecule has 0 aromatic heterocycles. The molecule has 3 aliphatic rings. The molecule has 0 saturated carbocycles. The smallest absolute Gasteiger partial charge is 0.311 e. The molecule has 3 aliphatic heterocycles. The summed E-state index contributed by atoms with van der Waals surface area (Å²) in [5, 5.41) is 93.3. The highest BCUT2D eigenvalue weighted by Crippen LogP contribution is 2.35. The fourth-order valence-corrected chi connectivity index (χ4v) is 6.84. The first-order valence-electron chi connectivity index (χ1n) is 19.7. The van der Waals surface area contributed by atoms with Gasteiger partial charge < -0.3 is 79.1 Å². The number of aliphatic hydroxyl groups excluding tert-OH is 9. The molecule has 18 atom stereocenters. The molecule has 0 bridgehead atoms. The monoisotopic (exact) mass is 798 g/mol. The number of ether oxygens (including phenoxy) is 7. The lowest BCUT2D eigenvalue weighted by Gasteiger charge is -2.49. The lowest BCUT2D eigenvalue weighted by molar-refractivity contribution is -0.379. The standard InChI is InChI=1S/C37H66O18/c1-6-14-22(40)15-12-10-8-7-9-11-13-16-24(41)52-33-32(55-36-29(46)27(44)25(42)20(4)49-36)30(53-34(47)18(2)19(3)39)21(5)50-37(33)54-31-28(45)26(43)23(17-38)51-35(31)48/h18-23,25-33,35-40,42-46,48H,6-17H2,1-5H3/t18-,19-,20+,21+,22+,23-,25+,26-,27-,28+,29-,30+,31-,32-,33-,35-,36+,37+/m1/s1. The van der Waals surface area contributed by atoms with Crippen molar-refractivity contribution < 1.29 is 88.7 Å². The molecule has 0 aliphatic carbocycles. The van der Waals surface area contributed by atoms with Crippen LogP contribution in [-0.4, -0.2) is 169 Å². The second-order valence-electron chi connectivity index (χ2n) is 15.2. The third-order valence-electron chi connectivity index (χ3n) is 10.6. The highest BCUT2D eigenvalue weighted by atomic mass is 16.8. The SMILES string of the molecule is CCC[C@H](O)CCCCCCCCCC(=O)O[C@H]1[C@H](O[C@@H]2[C@@H](O)[C@H](O)[C@@H](CO)O[C@H]2O)O[C@@H](C)[C@H](OC(=O)[C@H](C)[C@@H](C)O)[C@H]1O[C@@H]1O[C@@H](C)[C@H](O)[C@@H](O)[C@H]1O. The van der Waals surface area contributed by atoms with E-state index in [0.29, 0.717) is 12.8 Å². The Kier molecular flexibility index (Phi) is 20.1. The third-order valence-corrected chi connectivity index (χ3v) is 10.6. The summed E-state index contributed by atoms with van der Waals surface area (Å²) in [6.45, 7) is 6.97. The largest absolute Gasteiger partial charge is 0.456 e. The van der Waals surface area contributed by atoms with Crippen LogP contribution in [0.15, 0.2) is 0 Å². The molecule has 55 heavy (non-hydrogen) atoms. The summed E-state index contributed by atoms with van der Waals surface area (Å²) < 4.78 is 40.6. The van der Waals surface area contributed by atoms with Crippen LogP contribution in [-0.2, 0) is 42.7 Å². The predicted molar refractivity (Wildman–Crippen MR) is 189 cm³/mol. The summed E-state index contributed by atoms with van der Waals surface area (Å²) in [5.41, 5.74) is 0. The molecule has 0 aromatic rings. The average molecular weight is 799 g/mol. The van der Waals surface area contributed by atoms with Gasteiger partial charge in [-0.1, -0.05) is 51.9 Å². The molecule has 0 radical (unpaired) electrons. The second-order valence-corrected chi connectivity index (χ2v) is 15.2. The number of hydrogen-bond acceptors (Lipinski definition) is 18. The van der Waals surface area contributed by atoms with Gasteiger partial charge in [-0.15, -0.1) is 0 Å². The number of rotatable bonds is 21. The van der Waals surface area contributed by atoms with Gasteiger partial charge in [0.25, 0.3) is 0 Å². The van der Waals surface area contributed by atoms with E-state index >= 15 is 0 Å². The Morgan fingerprint density at radius 1 is 0.636 bits per heavy atom. The van der Waals surface area contributed by atoms with Gasteiger partial charge in [-0.3, -0.25) is 9.59 Å². The molecule has 18 nitrogen and oxygen atoms in total. The molecule has 3 heterocycles. The molecule has 0 amide bonds. The minimum Gasteiger partial charge on any atom is -0.456 e. The Bertz CT molecular complexity index is 1130. The van der Waals surface area contributed by atoms with E-state index in [0.717, 1.165) is 51.4 Å². The number of aliphatic hydroxyl groups is 9. The molecule has 0 unspecified atom stereocenters. The van der Waals surface area contributed by atoms with Crippen LogP contribution in [0.4, 0.5) is 0 Å². The van der Waals surface area contributed by atoms with Gasteiger partial charge in [0, 0.05) is 6.42 Å². The maximum absolute atomic E-state index is 13.5. The van der Waals surface area contributed by atoms with Crippen molar-refractivity contribution in [3.8, 4) is 0 Å². The first-order chi connectivity index (χ1) is 26.0. The van der Waals surface area contributed by atoms with E-state index in [1.807, 2.05) is 6.92 Å². The van der Waals surface area contributed by atoms with Gasteiger partial charge in [-0.25, -0.2) is 0 Å². The second kappa shape index (κ2) is 23.1. The van der Waals surface area contributed by atoms with Crippen molar-refractivity contribution in [3.63, 3.8) is 0 Å². The molecule has 9 N–H and O–H groups in total. The lowest BCUT2D eigenvalue weighted by Crippen LogP contribution is -2.67. The normalized spacial score (nSPS) is 38.5. The zero-order chi connectivity index (χ0) is 41.0. The quantitative estimate of drug-likeness (QED) is 0.0511. The van der Waals surface area contributed by atoms with E-state index in [4.69, 9.17) is 33.2 Å². The van der Waals surface area contributed by atoms with Gasteiger partial charge in [-0.05, 0) is 47.0 Å². The number of unbranched alkanes of at least 4 members (excludes halogenated alkanes) is 6. The summed E-state index contributed by atoms with van der Waals surface area (Å²) in [7, 11) is 0. The van der Waals surface area contributed by atoms with Crippen LogP contribution in [0.25, 0.3) is 0 Å². The topological polar surface area (TPSA) is 281 Å².